The molecule has 1 saturated carbocycles. The molecule has 2 aromatic rings. The maximum Gasteiger partial charge on any atom is 0.421 e. The number of nitrogens with one attached hydrogen (secondary N) is 2. The molecule has 1 saturated heterocycles. The molecule has 0 unspecified atom stereocenters. The standard InChI is InChI=1S/C25H31F3N6O3/c1-33-11-13-34(14-12-33)22(35)16-7-9-17(10-8-16)30-24-29-15-19(25(26,27)28)21(32-24)31-20-6-4-2-3-5-18(20)23(36)37/h7-10,15,18,20H,2-6,11-14H2,1H3,(H,36,37)(H2,29,30,31,32)/t18-,20+/m0/s1. The first-order valence-corrected chi connectivity index (χ1v) is 12.4. The summed E-state index contributed by atoms with van der Waals surface area (Å²) in [6.07, 6.45) is -0.931. The number of carbonyl (C=O) groups excluding carboxylic acids is 1. The van der Waals surface area contributed by atoms with Gasteiger partial charge in [-0.1, -0.05) is 19.3 Å². The van der Waals surface area contributed by atoms with Crippen molar-refractivity contribution in [1.82, 2.24) is 19.8 Å². The molecule has 1 amide bonds. The topological polar surface area (TPSA) is 111 Å². The van der Waals surface area contributed by atoms with Crippen molar-refractivity contribution in [1.29, 1.82) is 0 Å². The highest BCUT2D eigenvalue weighted by molar-refractivity contribution is 5.94. The lowest BCUT2D eigenvalue weighted by Gasteiger charge is -2.32. The molecule has 1 aliphatic carbocycles. The summed E-state index contributed by atoms with van der Waals surface area (Å²) in [5.74, 6) is -2.45. The molecule has 1 aromatic heterocycles. The number of anilines is 3. The van der Waals surface area contributed by atoms with Crippen molar-refractivity contribution in [3.8, 4) is 0 Å². The molecule has 9 nitrogen and oxygen atoms in total. The van der Waals surface area contributed by atoms with E-state index in [2.05, 4.69) is 25.5 Å². The van der Waals surface area contributed by atoms with E-state index in [-0.39, 0.29) is 11.9 Å². The molecule has 0 spiro atoms. The van der Waals surface area contributed by atoms with E-state index >= 15 is 0 Å². The van der Waals surface area contributed by atoms with Crippen LogP contribution in [0.15, 0.2) is 30.5 Å². The van der Waals surface area contributed by atoms with E-state index in [0.717, 1.165) is 25.9 Å². The van der Waals surface area contributed by atoms with Gasteiger partial charge in [0.2, 0.25) is 5.95 Å². The maximum atomic E-state index is 13.7. The Hall–Kier alpha value is -3.41. The van der Waals surface area contributed by atoms with Crippen LogP contribution in [0.1, 0.15) is 48.0 Å². The van der Waals surface area contributed by atoms with E-state index < -0.39 is 35.5 Å². The minimum atomic E-state index is -4.71. The number of hydrogen-bond acceptors (Lipinski definition) is 7. The van der Waals surface area contributed by atoms with Crippen molar-refractivity contribution in [2.45, 2.75) is 44.3 Å². The first-order valence-electron chi connectivity index (χ1n) is 12.4. The third-order valence-electron chi connectivity index (χ3n) is 6.93. The molecule has 1 aromatic carbocycles. The quantitative estimate of drug-likeness (QED) is 0.489. The fourth-order valence-electron chi connectivity index (χ4n) is 4.73. The van der Waals surface area contributed by atoms with Crippen LogP contribution in [0.5, 0.6) is 0 Å². The van der Waals surface area contributed by atoms with Crippen LogP contribution in [-0.2, 0) is 11.0 Å². The van der Waals surface area contributed by atoms with Gasteiger partial charge in [-0.3, -0.25) is 9.59 Å². The van der Waals surface area contributed by atoms with E-state index in [1.54, 1.807) is 29.2 Å². The van der Waals surface area contributed by atoms with Gasteiger partial charge in [-0.05, 0) is 44.2 Å². The molecule has 12 heteroatoms. The number of piperazine rings is 1. The van der Waals surface area contributed by atoms with Crippen molar-refractivity contribution in [2.75, 3.05) is 43.9 Å². The average molecular weight is 521 g/mol. The Morgan fingerprint density at radius 3 is 2.35 bits per heavy atom. The van der Waals surface area contributed by atoms with E-state index in [0.29, 0.717) is 49.8 Å². The number of alkyl halides is 3. The van der Waals surface area contributed by atoms with Crippen LogP contribution in [0.3, 0.4) is 0 Å². The summed E-state index contributed by atoms with van der Waals surface area (Å²) in [5.41, 5.74) is -0.0445. The van der Waals surface area contributed by atoms with Crippen LogP contribution in [0.2, 0.25) is 0 Å². The van der Waals surface area contributed by atoms with Gasteiger partial charge < -0.3 is 25.5 Å². The highest BCUT2D eigenvalue weighted by Gasteiger charge is 2.37. The van der Waals surface area contributed by atoms with Crippen LogP contribution < -0.4 is 10.6 Å². The second kappa shape index (κ2) is 11.3. The Bertz CT molecular complexity index is 1100. The number of rotatable bonds is 6. The summed E-state index contributed by atoms with van der Waals surface area (Å²) in [5, 5.41) is 15.3. The predicted molar refractivity (Wildman–Crippen MR) is 132 cm³/mol. The van der Waals surface area contributed by atoms with Gasteiger partial charge in [0.05, 0.1) is 5.92 Å². The molecule has 37 heavy (non-hydrogen) atoms. The Balaban J connectivity index is 1.51. The molecule has 2 heterocycles. The van der Waals surface area contributed by atoms with Crippen molar-refractivity contribution < 1.29 is 27.9 Å². The molecular weight excluding hydrogens is 489 g/mol. The minimum absolute atomic E-state index is 0.0749. The van der Waals surface area contributed by atoms with E-state index in [4.69, 9.17) is 0 Å². The lowest BCUT2D eigenvalue weighted by atomic mass is 9.95. The summed E-state index contributed by atoms with van der Waals surface area (Å²) >= 11 is 0. The molecule has 2 fully saturated rings. The highest BCUT2D eigenvalue weighted by Crippen LogP contribution is 2.36. The number of carbonyl (C=O) groups is 2. The second-order valence-corrected chi connectivity index (χ2v) is 9.59. The SMILES string of the molecule is CN1CCN(C(=O)c2ccc(Nc3ncc(C(F)(F)F)c(N[C@@H]4CCCCC[C@@H]4C(=O)O)n3)cc2)CC1. The summed E-state index contributed by atoms with van der Waals surface area (Å²) < 4.78 is 41.1. The fourth-order valence-corrected chi connectivity index (χ4v) is 4.73. The first kappa shape index (κ1) is 26.6. The Labute approximate surface area is 213 Å². The van der Waals surface area contributed by atoms with Gasteiger partial charge in [0, 0.05) is 49.7 Å². The number of likely N-dealkylation sites (N-methyl/N-ethyl adjacent to an activating group) is 1. The smallest absolute Gasteiger partial charge is 0.421 e. The first-order chi connectivity index (χ1) is 17.6. The summed E-state index contributed by atoms with van der Waals surface area (Å²) in [6.45, 7) is 2.91. The van der Waals surface area contributed by atoms with Crippen molar-refractivity contribution >= 4 is 29.3 Å². The Morgan fingerprint density at radius 2 is 1.70 bits per heavy atom. The van der Waals surface area contributed by atoms with Crippen LogP contribution in [0, 0.1) is 5.92 Å². The molecule has 0 bridgehead atoms. The average Bonchev–Trinajstić information content (AvgIpc) is 3.09. The molecule has 2 aliphatic rings. The molecule has 4 rings (SSSR count). The number of aliphatic carboxylic acids is 1. The van der Waals surface area contributed by atoms with E-state index in [9.17, 15) is 27.9 Å². The van der Waals surface area contributed by atoms with E-state index in [1.165, 1.54) is 0 Å². The van der Waals surface area contributed by atoms with Crippen molar-refractivity contribution in [3.05, 3.63) is 41.6 Å². The molecule has 1 aliphatic heterocycles. The third kappa shape index (κ3) is 6.68. The minimum Gasteiger partial charge on any atom is -0.481 e. The molecule has 0 radical (unpaired) electrons. The number of amides is 1. The third-order valence-corrected chi connectivity index (χ3v) is 6.93. The zero-order valence-electron chi connectivity index (χ0n) is 20.6. The number of carboxylic acids is 1. The summed E-state index contributed by atoms with van der Waals surface area (Å²) in [7, 11) is 2.01. The number of hydrogen-bond donors (Lipinski definition) is 3. The fraction of sp³-hybridized carbons (Fsp3) is 0.520. The maximum absolute atomic E-state index is 13.7. The normalized spacial score (nSPS) is 21.2. The Kier molecular flexibility index (Phi) is 8.16. The van der Waals surface area contributed by atoms with E-state index in [1.807, 2.05) is 7.05 Å². The largest absolute Gasteiger partial charge is 0.481 e. The zero-order valence-corrected chi connectivity index (χ0v) is 20.6. The van der Waals surface area contributed by atoms with Gasteiger partial charge in [0.25, 0.3) is 5.91 Å². The molecular formula is C25H31F3N6O3. The van der Waals surface area contributed by atoms with Crippen LogP contribution in [-0.4, -0.2) is 76.0 Å². The van der Waals surface area contributed by atoms with Gasteiger partial charge in [0.1, 0.15) is 11.4 Å². The van der Waals surface area contributed by atoms with Crippen molar-refractivity contribution in [3.63, 3.8) is 0 Å². The predicted octanol–water partition coefficient (Wildman–Crippen LogP) is 4.07. The zero-order chi connectivity index (χ0) is 26.6. The Morgan fingerprint density at radius 1 is 1.03 bits per heavy atom. The van der Waals surface area contributed by atoms with Crippen LogP contribution in [0.4, 0.5) is 30.6 Å². The number of aromatic nitrogens is 2. The molecule has 3 N–H and O–H groups in total. The van der Waals surface area contributed by atoms with Crippen LogP contribution in [0.25, 0.3) is 0 Å². The summed E-state index contributed by atoms with van der Waals surface area (Å²) in [6, 6.07) is 5.90. The molecule has 200 valence electrons. The number of benzene rings is 1. The van der Waals surface area contributed by atoms with Gasteiger partial charge in [-0.15, -0.1) is 0 Å². The van der Waals surface area contributed by atoms with Gasteiger partial charge in [0.15, 0.2) is 0 Å². The van der Waals surface area contributed by atoms with Gasteiger partial charge >= 0.3 is 12.1 Å². The lowest BCUT2D eigenvalue weighted by Crippen LogP contribution is -2.47. The summed E-state index contributed by atoms with van der Waals surface area (Å²) in [4.78, 5) is 36.3. The highest BCUT2D eigenvalue weighted by atomic mass is 19.4. The second-order valence-electron chi connectivity index (χ2n) is 9.59. The van der Waals surface area contributed by atoms with Gasteiger partial charge in [-0.25, -0.2) is 4.98 Å². The molecule has 2 atom stereocenters. The lowest BCUT2D eigenvalue weighted by molar-refractivity contribution is -0.142. The van der Waals surface area contributed by atoms with Crippen molar-refractivity contribution in [2.24, 2.45) is 5.92 Å². The monoisotopic (exact) mass is 520 g/mol. The van der Waals surface area contributed by atoms with Crippen LogP contribution >= 0.6 is 0 Å². The number of nitrogens with zero attached hydrogens (tertiary/aromatic N) is 4. The number of carboxylic acid groups (broad SMARTS) is 1. The van der Waals surface area contributed by atoms with Gasteiger partial charge in [-0.2, -0.15) is 18.2 Å². The number of halogens is 3.